The lowest BCUT2D eigenvalue weighted by molar-refractivity contribution is 0.181. The summed E-state index contributed by atoms with van der Waals surface area (Å²) in [5.41, 5.74) is 1.20. The SMILES string of the molecule is COc1ccc(CN2CCN(S(=O)(=O)c3ccc(Br)cc3)CC2)cc1. The van der Waals surface area contributed by atoms with Gasteiger partial charge in [0.25, 0.3) is 0 Å². The third-order valence-electron chi connectivity index (χ3n) is 4.35. The van der Waals surface area contributed by atoms with Crippen LogP contribution in [0.4, 0.5) is 0 Å². The van der Waals surface area contributed by atoms with Crippen LogP contribution in [0.3, 0.4) is 0 Å². The van der Waals surface area contributed by atoms with Gasteiger partial charge in [-0.15, -0.1) is 0 Å². The van der Waals surface area contributed by atoms with Gasteiger partial charge in [-0.05, 0) is 42.0 Å². The van der Waals surface area contributed by atoms with E-state index in [0.29, 0.717) is 18.0 Å². The van der Waals surface area contributed by atoms with Crippen LogP contribution < -0.4 is 4.74 Å². The number of nitrogens with zero attached hydrogens (tertiary/aromatic N) is 2. The van der Waals surface area contributed by atoms with Crippen LogP contribution >= 0.6 is 15.9 Å². The molecule has 0 radical (unpaired) electrons. The van der Waals surface area contributed by atoms with E-state index in [0.717, 1.165) is 29.9 Å². The fourth-order valence-corrected chi connectivity index (χ4v) is 4.56. The molecular formula is C18H21BrN2O3S. The number of piperazine rings is 1. The Morgan fingerprint density at radius 1 is 0.960 bits per heavy atom. The lowest BCUT2D eigenvalue weighted by Crippen LogP contribution is -2.48. The summed E-state index contributed by atoms with van der Waals surface area (Å²) in [7, 11) is -1.76. The van der Waals surface area contributed by atoms with Crippen LogP contribution in [0, 0.1) is 0 Å². The van der Waals surface area contributed by atoms with Gasteiger partial charge in [-0.1, -0.05) is 28.1 Å². The van der Waals surface area contributed by atoms with E-state index in [1.54, 1.807) is 35.7 Å². The zero-order chi connectivity index (χ0) is 17.9. The van der Waals surface area contributed by atoms with Crippen molar-refractivity contribution in [1.82, 2.24) is 9.21 Å². The van der Waals surface area contributed by atoms with Crippen molar-refractivity contribution < 1.29 is 13.2 Å². The number of hydrogen-bond donors (Lipinski definition) is 0. The highest BCUT2D eigenvalue weighted by molar-refractivity contribution is 9.10. The summed E-state index contributed by atoms with van der Waals surface area (Å²) >= 11 is 3.33. The molecule has 2 aromatic rings. The highest BCUT2D eigenvalue weighted by atomic mass is 79.9. The van der Waals surface area contributed by atoms with E-state index >= 15 is 0 Å². The van der Waals surface area contributed by atoms with Crippen molar-refractivity contribution in [3.05, 3.63) is 58.6 Å². The van der Waals surface area contributed by atoms with E-state index in [1.165, 1.54) is 5.56 Å². The van der Waals surface area contributed by atoms with E-state index in [2.05, 4.69) is 20.8 Å². The van der Waals surface area contributed by atoms with Crippen LogP contribution in [-0.4, -0.2) is 50.9 Å². The molecule has 1 fully saturated rings. The Morgan fingerprint density at radius 2 is 1.56 bits per heavy atom. The normalized spacial score (nSPS) is 16.7. The average Bonchev–Trinajstić information content (AvgIpc) is 2.63. The summed E-state index contributed by atoms with van der Waals surface area (Å²) < 4.78 is 33.0. The molecule has 2 aromatic carbocycles. The molecule has 1 aliphatic rings. The standard InChI is InChI=1S/C18H21BrN2O3S/c1-24-17-6-2-15(3-7-17)14-20-10-12-21(13-11-20)25(22,23)18-8-4-16(19)5-9-18/h2-9H,10-14H2,1H3. The highest BCUT2D eigenvalue weighted by Crippen LogP contribution is 2.21. The first-order valence-corrected chi connectivity index (χ1v) is 10.3. The Labute approximate surface area is 157 Å². The third kappa shape index (κ3) is 4.41. The molecule has 3 rings (SSSR count). The molecule has 1 saturated heterocycles. The maximum Gasteiger partial charge on any atom is 0.243 e. The first-order chi connectivity index (χ1) is 12.0. The molecule has 7 heteroatoms. The van der Waals surface area contributed by atoms with Gasteiger partial charge >= 0.3 is 0 Å². The molecule has 0 bridgehead atoms. The van der Waals surface area contributed by atoms with Gasteiger partial charge in [-0.2, -0.15) is 4.31 Å². The zero-order valence-corrected chi connectivity index (χ0v) is 16.5. The van der Waals surface area contributed by atoms with Gasteiger partial charge in [0.05, 0.1) is 12.0 Å². The van der Waals surface area contributed by atoms with Crippen molar-refractivity contribution >= 4 is 26.0 Å². The van der Waals surface area contributed by atoms with Crippen molar-refractivity contribution in [3.8, 4) is 5.75 Å². The Morgan fingerprint density at radius 3 is 2.12 bits per heavy atom. The number of methoxy groups -OCH3 is 1. The molecule has 1 aliphatic heterocycles. The summed E-state index contributed by atoms with van der Waals surface area (Å²) in [6, 6.07) is 14.8. The van der Waals surface area contributed by atoms with Crippen LogP contribution in [-0.2, 0) is 16.6 Å². The second-order valence-electron chi connectivity index (χ2n) is 5.98. The number of hydrogen-bond acceptors (Lipinski definition) is 4. The molecule has 0 saturated carbocycles. The van der Waals surface area contributed by atoms with Gasteiger partial charge in [-0.25, -0.2) is 8.42 Å². The molecule has 0 atom stereocenters. The maximum absolute atomic E-state index is 12.7. The van der Waals surface area contributed by atoms with Crippen LogP contribution in [0.2, 0.25) is 0 Å². The summed E-state index contributed by atoms with van der Waals surface area (Å²) in [4.78, 5) is 2.62. The second-order valence-corrected chi connectivity index (χ2v) is 8.84. The molecule has 0 spiro atoms. The van der Waals surface area contributed by atoms with Gasteiger partial charge in [0, 0.05) is 37.2 Å². The molecule has 25 heavy (non-hydrogen) atoms. The first-order valence-electron chi connectivity index (χ1n) is 8.10. The predicted octanol–water partition coefficient (Wildman–Crippen LogP) is 2.96. The second kappa shape index (κ2) is 7.86. The van der Waals surface area contributed by atoms with Crippen LogP contribution in [0.25, 0.3) is 0 Å². The van der Waals surface area contributed by atoms with Gasteiger partial charge in [0.1, 0.15) is 5.75 Å². The summed E-state index contributed by atoms with van der Waals surface area (Å²) in [6.45, 7) is 3.28. The Hall–Kier alpha value is -1.41. The minimum absolute atomic E-state index is 0.347. The van der Waals surface area contributed by atoms with Crippen molar-refractivity contribution in [2.24, 2.45) is 0 Å². The maximum atomic E-state index is 12.7. The number of sulfonamides is 1. The third-order valence-corrected chi connectivity index (χ3v) is 6.79. The lowest BCUT2D eigenvalue weighted by atomic mass is 10.2. The van der Waals surface area contributed by atoms with E-state index in [-0.39, 0.29) is 0 Å². The topological polar surface area (TPSA) is 49.9 Å². The van der Waals surface area contributed by atoms with Crippen LogP contribution in [0.15, 0.2) is 57.9 Å². The Kier molecular flexibility index (Phi) is 5.78. The molecule has 0 aliphatic carbocycles. The molecule has 0 aromatic heterocycles. The minimum atomic E-state index is -3.41. The van der Waals surface area contributed by atoms with Gasteiger partial charge in [0.15, 0.2) is 0 Å². The van der Waals surface area contributed by atoms with E-state index < -0.39 is 10.0 Å². The molecule has 5 nitrogen and oxygen atoms in total. The van der Waals surface area contributed by atoms with Gasteiger partial charge in [0.2, 0.25) is 10.0 Å². The summed E-state index contributed by atoms with van der Waals surface area (Å²) in [6.07, 6.45) is 0. The fourth-order valence-electron chi connectivity index (χ4n) is 2.87. The highest BCUT2D eigenvalue weighted by Gasteiger charge is 2.28. The van der Waals surface area contributed by atoms with Gasteiger partial charge in [-0.3, -0.25) is 4.90 Å². The van der Waals surface area contributed by atoms with Crippen molar-refractivity contribution in [1.29, 1.82) is 0 Å². The fraction of sp³-hybridized carbons (Fsp3) is 0.333. The molecule has 134 valence electrons. The van der Waals surface area contributed by atoms with Crippen LogP contribution in [0.5, 0.6) is 5.75 Å². The number of benzene rings is 2. The summed E-state index contributed by atoms with van der Waals surface area (Å²) in [5.74, 6) is 0.842. The van der Waals surface area contributed by atoms with Crippen molar-refractivity contribution in [2.45, 2.75) is 11.4 Å². The van der Waals surface area contributed by atoms with E-state index in [1.807, 2.05) is 24.3 Å². The zero-order valence-electron chi connectivity index (χ0n) is 14.1. The average molecular weight is 425 g/mol. The Balaban J connectivity index is 1.60. The number of halogens is 1. The van der Waals surface area contributed by atoms with Gasteiger partial charge < -0.3 is 4.74 Å². The van der Waals surface area contributed by atoms with Crippen molar-refractivity contribution in [3.63, 3.8) is 0 Å². The molecule has 1 heterocycles. The Bertz CT molecular complexity index is 799. The molecule has 0 N–H and O–H groups in total. The molecule has 0 unspecified atom stereocenters. The quantitative estimate of drug-likeness (QED) is 0.739. The lowest BCUT2D eigenvalue weighted by Gasteiger charge is -2.34. The summed E-state index contributed by atoms with van der Waals surface area (Å²) in [5, 5.41) is 0. The molecule has 0 amide bonds. The van der Waals surface area contributed by atoms with Crippen molar-refractivity contribution in [2.75, 3.05) is 33.3 Å². The smallest absolute Gasteiger partial charge is 0.243 e. The predicted molar refractivity (Wildman–Crippen MR) is 101 cm³/mol. The number of ether oxygens (including phenoxy) is 1. The van der Waals surface area contributed by atoms with Crippen LogP contribution in [0.1, 0.15) is 5.56 Å². The first kappa shape index (κ1) is 18.4. The monoisotopic (exact) mass is 424 g/mol. The van der Waals surface area contributed by atoms with E-state index in [9.17, 15) is 8.42 Å². The molecular weight excluding hydrogens is 404 g/mol. The largest absolute Gasteiger partial charge is 0.497 e. The number of rotatable bonds is 5. The minimum Gasteiger partial charge on any atom is -0.497 e. The van der Waals surface area contributed by atoms with E-state index in [4.69, 9.17) is 4.74 Å².